The van der Waals surface area contributed by atoms with E-state index in [4.69, 9.17) is 0 Å². The molecule has 1 aliphatic carbocycles. The van der Waals surface area contributed by atoms with Crippen LogP contribution in [0.15, 0.2) is 30.3 Å². The van der Waals surface area contributed by atoms with E-state index in [1.165, 1.54) is 0 Å². The zero-order valence-corrected chi connectivity index (χ0v) is 14.7. The van der Waals surface area contributed by atoms with Crippen LogP contribution in [0.5, 0.6) is 0 Å². The number of aliphatic hydroxyl groups is 1. The van der Waals surface area contributed by atoms with E-state index in [-0.39, 0.29) is 23.7 Å². The van der Waals surface area contributed by atoms with Crippen LogP contribution in [0.25, 0.3) is 0 Å². The predicted molar refractivity (Wildman–Crippen MR) is 96.6 cm³/mol. The Hall–Kier alpha value is -1.89. The van der Waals surface area contributed by atoms with Crippen molar-refractivity contribution in [1.82, 2.24) is 20.8 Å². The summed E-state index contributed by atoms with van der Waals surface area (Å²) in [6.07, 6.45) is 2.16. The molecule has 0 spiro atoms. The van der Waals surface area contributed by atoms with Crippen molar-refractivity contribution in [2.24, 2.45) is 5.41 Å². The van der Waals surface area contributed by atoms with E-state index in [1.54, 1.807) is 0 Å². The summed E-state index contributed by atoms with van der Waals surface area (Å²) < 4.78 is 0. The smallest absolute Gasteiger partial charge is 0.272 e. The standard InChI is InChI=1S/C18H22N4O2.ClH/c23-16(12-4-2-1-3-5-12)18(7-8-18)11-20-17(24)15-13-10-19-9-6-14(13)21-22-15;/h1-5,16,19,23H,6-11H2,(H,20,24)(H,21,22);1H. The number of nitrogens with one attached hydrogen (secondary N) is 3. The van der Waals surface area contributed by atoms with Crippen LogP contribution >= 0.6 is 12.4 Å². The highest BCUT2D eigenvalue weighted by Gasteiger charge is 2.49. The number of carbonyl (C=O) groups excluding carboxylic acids is 1. The number of rotatable bonds is 5. The number of carbonyl (C=O) groups is 1. The number of halogens is 1. The van der Waals surface area contributed by atoms with E-state index in [9.17, 15) is 9.90 Å². The first kappa shape index (κ1) is 17.9. The van der Waals surface area contributed by atoms with Crippen LogP contribution in [0.2, 0.25) is 0 Å². The molecule has 0 bridgehead atoms. The molecule has 1 fully saturated rings. The van der Waals surface area contributed by atoms with Gasteiger partial charge in [0, 0.05) is 42.7 Å². The molecule has 4 rings (SSSR count). The van der Waals surface area contributed by atoms with Crippen LogP contribution in [-0.4, -0.2) is 34.3 Å². The molecule has 1 saturated carbocycles. The van der Waals surface area contributed by atoms with Crippen molar-refractivity contribution in [3.8, 4) is 0 Å². The number of aromatic nitrogens is 2. The molecular weight excluding hydrogens is 340 g/mol. The molecule has 2 aliphatic rings. The number of aliphatic hydroxyl groups excluding tert-OH is 1. The number of aromatic amines is 1. The van der Waals surface area contributed by atoms with Crippen molar-refractivity contribution < 1.29 is 9.90 Å². The molecule has 6 nitrogen and oxygen atoms in total. The summed E-state index contributed by atoms with van der Waals surface area (Å²) in [5.74, 6) is -0.164. The molecular formula is C18H23ClN4O2. The van der Waals surface area contributed by atoms with E-state index >= 15 is 0 Å². The molecule has 1 aromatic heterocycles. The molecule has 1 atom stereocenters. The molecule has 0 radical (unpaired) electrons. The highest BCUT2D eigenvalue weighted by Crippen LogP contribution is 2.54. The molecule has 2 heterocycles. The van der Waals surface area contributed by atoms with Gasteiger partial charge in [0.2, 0.25) is 0 Å². The Morgan fingerprint density at radius 3 is 2.80 bits per heavy atom. The van der Waals surface area contributed by atoms with Crippen LogP contribution in [0.4, 0.5) is 0 Å². The number of hydrogen-bond donors (Lipinski definition) is 4. The lowest BCUT2D eigenvalue weighted by Gasteiger charge is -2.23. The quantitative estimate of drug-likeness (QED) is 0.652. The zero-order chi connectivity index (χ0) is 16.6. The van der Waals surface area contributed by atoms with Gasteiger partial charge < -0.3 is 15.7 Å². The Bertz CT molecular complexity index is 743. The Kier molecular flexibility index (Phi) is 5.13. The minimum Gasteiger partial charge on any atom is -0.388 e. The second kappa shape index (κ2) is 7.15. The van der Waals surface area contributed by atoms with Crippen molar-refractivity contribution in [2.45, 2.75) is 31.9 Å². The van der Waals surface area contributed by atoms with Gasteiger partial charge in [-0.1, -0.05) is 30.3 Å². The summed E-state index contributed by atoms with van der Waals surface area (Å²) in [6, 6.07) is 9.66. The van der Waals surface area contributed by atoms with Gasteiger partial charge in [-0.3, -0.25) is 9.89 Å². The van der Waals surface area contributed by atoms with Gasteiger partial charge in [0.25, 0.3) is 5.91 Å². The van der Waals surface area contributed by atoms with E-state index < -0.39 is 6.10 Å². The van der Waals surface area contributed by atoms with Crippen LogP contribution in [0, 0.1) is 5.41 Å². The minimum atomic E-state index is -0.547. The van der Waals surface area contributed by atoms with Gasteiger partial charge >= 0.3 is 0 Å². The zero-order valence-electron chi connectivity index (χ0n) is 13.9. The monoisotopic (exact) mass is 362 g/mol. The van der Waals surface area contributed by atoms with E-state index in [0.29, 0.717) is 18.8 Å². The van der Waals surface area contributed by atoms with Crippen molar-refractivity contribution in [3.05, 3.63) is 52.8 Å². The summed E-state index contributed by atoms with van der Waals surface area (Å²) in [7, 11) is 0. The average Bonchev–Trinajstić information content (AvgIpc) is 3.31. The van der Waals surface area contributed by atoms with Crippen LogP contribution in [0.3, 0.4) is 0 Å². The SMILES string of the molecule is Cl.O=C(NCC1(C(O)c2ccccc2)CC1)c1n[nH]c2c1CNCC2. The molecule has 0 saturated heterocycles. The first-order valence-corrected chi connectivity index (χ1v) is 8.48. The molecule has 25 heavy (non-hydrogen) atoms. The van der Waals surface area contributed by atoms with Crippen molar-refractivity contribution in [1.29, 1.82) is 0 Å². The number of benzene rings is 1. The molecule has 2 aromatic rings. The number of fused-ring (bicyclic) bond motifs is 1. The van der Waals surface area contributed by atoms with E-state index in [1.807, 2.05) is 30.3 Å². The number of hydrogen-bond acceptors (Lipinski definition) is 4. The third kappa shape index (κ3) is 3.42. The van der Waals surface area contributed by atoms with E-state index in [0.717, 1.165) is 42.6 Å². The maximum Gasteiger partial charge on any atom is 0.272 e. The third-order valence-electron chi connectivity index (χ3n) is 5.21. The Morgan fingerprint density at radius 2 is 2.08 bits per heavy atom. The Morgan fingerprint density at radius 1 is 1.32 bits per heavy atom. The molecule has 1 aromatic carbocycles. The minimum absolute atomic E-state index is 0. The summed E-state index contributed by atoms with van der Waals surface area (Å²) in [5, 5.41) is 24.1. The lowest BCUT2D eigenvalue weighted by atomic mass is 9.92. The molecule has 1 amide bonds. The number of nitrogens with zero attached hydrogens (tertiary/aromatic N) is 1. The second-order valence-corrected chi connectivity index (χ2v) is 6.81. The summed E-state index contributed by atoms with van der Waals surface area (Å²) >= 11 is 0. The first-order valence-electron chi connectivity index (χ1n) is 8.48. The largest absolute Gasteiger partial charge is 0.388 e. The maximum absolute atomic E-state index is 12.5. The fraction of sp³-hybridized carbons (Fsp3) is 0.444. The summed E-state index contributed by atoms with van der Waals surface area (Å²) in [6.45, 7) is 2.05. The topological polar surface area (TPSA) is 90.0 Å². The molecule has 7 heteroatoms. The average molecular weight is 363 g/mol. The van der Waals surface area contributed by atoms with Crippen LogP contribution in [0.1, 0.15) is 46.3 Å². The predicted octanol–water partition coefficient (Wildman–Crippen LogP) is 1.72. The summed E-state index contributed by atoms with van der Waals surface area (Å²) in [4.78, 5) is 12.5. The van der Waals surface area contributed by atoms with E-state index in [2.05, 4.69) is 20.8 Å². The van der Waals surface area contributed by atoms with Crippen LogP contribution in [-0.2, 0) is 13.0 Å². The number of H-pyrrole nitrogens is 1. The fourth-order valence-electron chi connectivity index (χ4n) is 3.45. The summed E-state index contributed by atoms with van der Waals surface area (Å²) in [5.41, 5.74) is 3.15. The Balaban J connectivity index is 0.00000182. The highest BCUT2D eigenvalue weighted by atomic mass is 35.5. The van der Waals surface area contributed by atoms with Gasteiger partial charge in [0.15, 0.2) is 5.69 Å². The lowest BCUT2D eigenvalue weighted by Crippen LogP contribution is -2.34. The van der Waals surface area contributed by atoms with Crippen LogP contribution < -0.4 is 10.6 Å². The third-order valence-corrected chi connectivity index (χ3v) is 5.21. The van der Waals surface area contributed by atoms with Gasteiger partial charge in [-0.25, -0.2) is 0 Å². The Labute approximate surface area is 152 Å². The van der Waals surface area contributed by atoms with Crippen molar-refractivity contribution in [3.63, 3.8) is 0 Å². The van der Waals surface area contributed by atoms with Crippen molar-refractivity contribution >= 4 is 18.3 Å². The normalized spacial score (nSPS) is 18.6. The molecule has 134 valence electrons. The lowest BCUT2D eigenvalue weighted by molar-refractivity contribution is 0.0804. The molecule has 1 unspecified atom stereocenters. The van der Waals surface area contributed by atoms with Gasteiger partial charge in [-0.2, -0.15) is 5.10 Å². The van der Waals surface area contributed by atoms with Gasteiger partial charge in [0.1, 0.15) is 0 Å². The molecule has 4 N–H and O–H groups in total. The van der Waals surface area contributed by atoms with Crippen molar-refractivity contribution in [2.75, 3.05) is 13.1 Å². The first-order chi connectivity index (χ1) is 11.7. The second-order valence-electron chi connectivity index (χ2n) is 6.81. The number of amides is 1. The maximum atomic E-state index is 12.5. The fourth-order valence-corrected chi connectivity index (χ4v) is 3.45. The highest BCUT2D eigenvalue weighted by molar-refractivity contribution is 5.94. The van der Waals surface area contributed by atoms with Gasteiger partial charge in [-0.05, 0) is 18.4 Å². The van der Waals surface area contributed by atoms with Gasteiger partial charge in [-0.15, -0.1) is 12.4 Å². The molecule has 1 aliphatic heterocycles. The van der Waals surface area contributed by atoms with Gasteiger partial charge in [0.05, 0.1) is 6.10 Å².